The highest BCUT2D eigenvalue weighted by Gasteiger charge is 2.50. The molecule has 7 nitrogen and oxygen atoms in total. The number of benzene rings is 1. The average molecular weight is 446 g/mol. The first kappa shape index (κ1) is 21.3. The van der Waals surface area contributed by atoms with Gasteiger partial charge in [0.1, 0.15) is 17.3 Å². The molecule has 3 N–H and O–H groups in total. The standard InChI is InChI=1S/C22H21ClFN3O4/c1-12-2-5-17(25-10-12)21(30)26-20-13-7-22(8-13,9-18(20)28)27-19(29)11-31-14-3-4-15(23)16(24)6-14/h2-6,10,18,28H,7-9,11H2,1H3,(H,26,30)(H,27,29). The molecule has 2 amide bonds. The van der Waals surface area contributed by atoms with Crippen LogP contribution in [0.25, 0.3) is 0 Å². The summed E-state index contributed by atoms with van der Waals surface area (Å²) in [6.07, 6.45) is 2.03. The molecular formula is C22H21ClFN3O4. The zero-order chi connectivity index (χ0) is 22.2. The molecule has 0 saturated heterocycles. The van der Waals surface area contributed by atoms with Crippen LogP contribution in [-0.4, -0.2) is 40.2 Å². The number of halogens is 2. The number of aliphatic hydroxyl groups is 1. The van der Waals surface area contributed by atoms with E-state index in [1.807, 2.05) is 6.92 Å². The molecule has 1 heterocycles. The lowest BCUT2D eigenvalue weighted by Crippen LogP contribution is -2.61. The number of hydrogen-bond acceptors (Lipinski definition) is 5. The van der Waals surface area contributed by atoms with Gasteiger partial charge in [-0.05, 0) is 49.1 Å². The van der Waals surface area contributed by atoms with Crippen molar-refractivity contribution < 1.29 is 23.8 Å². The maximum atomic E-state index is 13.5. The molecule has 0 radical (unpaired) electrons. The van der Waals surface area contributed by atoms with E-state index >= 15 is 0 Å². The van der Waals surface area contributed by atoms with Crippen LogP contribution in [0.5, 0.6) is 5.75 Å². The Hall–Kier alpha value is -2.97. The van der Waals surface area contributed by atoms with E-state index in [1.165, 1.54) is 12.1 Å². The Morgan fingerprint density at radius 3 is 2.74 bits per heavy atom. The molecule has 1 aromatic carbocycles. The maximum absolute atomic E-state index is 13.5. The molecular weight excluding hydrogens is 425 g/mol. The first-order valence-corrected chi connectivity index (χ1v) is 10.2. The van der Waals surface area contributed by atoms with E-state index in [0.717, 1.165) is 17.2 Å². The minimum atomic E-state index is -0.904. The second kappa shape index (κ2) is 8.28. The Bertz CT molecular complexity index is 1060. The van der Waals surface area contributed by atoms with Crippen molar-refractivity contribution in [1.82, 2.24) is 15.6 Å². The van der Waals surface area contributed by atoms with Crippen LogP contribution in [0.4, 0.5) is 4.39 Å². The monoisotopic (exact) mass is 445 g/mol. The molecule has 162 valence electrons. The summed E-state index contributed by atoms with van der Waals surface area (Å²) in [4.78, 5) is 28.8. The summed E-state index contributed by atoms with van der Waals surface area (Å²) >= 11 is 5.63. The van der Waals surface area contributed by atoms with Crippen molar-refractivity contribution in [3.63, 3.8) is 0 Å². The van der Waals surface area contributed by atoms with Crippen LogP contribution in [-0.2, 0) is 4.79 Å². The average Bonchev–Trinajstić information content (AvgIpc) is 2.70. The molecule has 1 saturated carbocycles. The predicted octanol–water partition coefficient (Wildman–Crippen LogP) is 2.66. The van der Waals surface area contributed by atoms with Crippen molar-refractivity contribution in [2.45, 2.75) is 37.8 Å². The van der Waals surface area contributed by atoms with Crippen LogP contribution in [0.1, 0.15) is 35.3 Å². The Kier molecular flexibility index (Phi) is 5.68. The fourth-order valence-corrected chi connectivity index (χ4v) is 4.07. The molecule has 5 rings (SSSR count). The van der Waals surface area contributed by atoms with E-state index in [2.05, 4.69) is 15.6 Å². The number of ether oxygens (including phenoxy) is 1. The lowest BCUT2D eigenvalue weighted by Gasteiger charge is -2.51. The topological polar surface area (TPSA) is 101 Å². The number of fused-ring (bicyclic) bond motifs is 2. The molecule has 2 bridgehead atoms. The van der Waals surface area contributed by atoms with Crippen molar-refractivity contribution in [1.29, 1.82) is 0 Å². The summed E-state index contributed by atoms with van der Waals surface area (Å²) in [6.45, 7) is 1.59. The van der Waals surface area contributed by atoms with Gasteiger partial charge in [0.25, 0.3) is 11.8 Å². The third kappa shape index (κ3) is 4.55. The van der Waals surface area contributed by atoms with Crippen molar-refractivity contribution in [2.75, 3.05) is 6.61 Å². The summed E-state index contributed by atoms with van der Waals surface area (Å²) in [7, 11) is 0. The molecule has 3 aliphatic rings. The quantitative estimate of drug-likeness (QED) is 0.634. The number of carbonyl (C=O) groups excluding carboxylic acids is 2. The normalized spacial score (nSPS) is 21.9. The van der Waals surface area contributed by atoms with E-state index in [-0.39, 0.29) is 41.3 Å². The number of carbonyl (C=O) groups is 2. The molecule has 1 atom stereocenters. The second-order valence-corrected chi connectivity index (χ2v) is 8.37. The minimum absolute atomic E-state index is 0.0262. The fraction of sp³-hybridized carbons (Fsp3) is 0.318. The minimum Gasteiger partial charge on any atom is -0.484 e. The van der Waals surface area contributed by atoms with Gasteiger partial charge in [0.05, 0.1) is 16.7 Å². The highest BCUT2D eigenvalue weighted by atomic mass is 35.5. The van der Waals surface area contributed by atoms with Crippen LogP contribution in [0.3, 0.4) is 0 Å². The fourth-order valence-electron chi connectivity index (χ4n) is 3.95. The SMILES string of the molecule is Cc1ccc(C(=O)NC2=C3CC(NC(=O)COc4ccc(Cl)c(F)c4)(C3)CC2O)nc1. The van der Waals surface area contributed by atoms with Gasteiger partial charge in [-0.3, -0.25) is 14.6 Å². The van der Waals surface area contributed by atoms with Gasteiger partial charge in [0.15, 0.2) is 6.61 Å². The van der Waals surface area contributed by atoms with E-state index in [1.54, 1.807) is 18.3 Å². The first-order valence-electron chi connectivity index (χ1n) is 9.77. The summed E-state index contributed by atoms with van der Waals surface area (Å²) in [6, 6.07) is 7.36. The summed E-state index contributed by atoms with van der Waals surface area (Å²) in [5.74, 6) is -1.19. The van der Waals surface area contributed by atoms with E-state index < -0.39 is 17.5 Å². The zero-order valence-corrected chi connectivity index (χ0v) is 17.5. The predicted molar refractivity (Wildman–Crippen MR) is 111 cm³/mol. The number of aliphatic hydroxyl groups excluding tert-OH is 1. The number of pyridine rings is 1. The van der Waals surface area contributed by atoms with Crippen molar-refractivity contribution in [3.05, 3.63) is 69.9 Å². The van der Waals surface area contributed by atoms with Crippen LogP contribution in [0.15, 0.2) is 47.8 Å². The van der Waals surface area contributed by atoms with E-state index in [9.17, 15) is 19.1 Å². The summed E-state index contributed by atoms with van der Waals surface area (Å²) in [5, 5.41) is 16.2. The summed E-state index contributed by atoms with van der Waals surface area (Å²) in [5.41, 5.74) is 2.01. The molecule has 0 aliphatic heterocycles. The second-order valence-electron chi connectivity index (χ2n) is 7.96. The van der Waals surface area contributed by atoms with Crippen LogP contribution in [0.2, 0.25) is 5.02 Å². The van der Waals surface area contributed by atoms with E-state index in [0.29, 0.717) is 18.5 Å². The number of rotatable bonds is 6. The van der Waals surface area contributed by atoms with Gasteiger partial charge < -0.3 is 20.5 Å². The number of nitrogens with zero attached hydrogens (tertiary/aromatic N) is 1. The maximum Gasteiger partial charge on any atom is 0.274 e. The smallest absolute Gasteiger partial charge is 0.274 e. The van der Waals surface area contributed by atoms with Crippen molar-refractivity contribution in [3.8, 4) is 5.75 Å². The Morgan fingerprint density at radius 2 is 2.10 bits per heavy atom. The van der Waals surface area contributed by atoms with Crippen molar-refractivity contribution in [2.24, 2.45) is 0 Å². The lowest BCUT2D eigenvalue weighted by atomic mass is 9.63. The summed E-state index contributed by atoms with van der Waals surface area (Å²) < 4.78 is 18.8. The largest absolute Gasteiger partial charge is 0.484 e. The van der Waals surface area contributed by atoms with Gasteiger partial charge in [0.2, 0.25) is 0 Å². The number of hydrogen-bond donors (Lipinski definition) is 3. The molecule has 1 aromatic heterocycles. The van der Waals surface area contributed by atoms with Crippen molar-refractivity contribution >= 4 is 23.4 Å². The molecule has 1 fully saturated rings. The van der Waals surface area contributed by atoms with Gasteiger partial charge in [-0.15, -0.1) is 0 Å². The number of nitrogens with one attached hydrogen (secondary N) is 2. The molecule has 0 spiro atoms. The zero-order valence-electron chi connectivity index (χ0n) is 16.7. The van der Waals surface area contributed by atoms with Gasteiger partial charge >= 0.3 is 0 Å². The molecule has 2 aromatic rings. The first-order chi connectivity index (χ1) is 14.7. The van der Waals surface area contributed by atoms with Gasteiger partial charge in [-0.2, -0.15) is 0 Å². The van der Waals surface area contributed by atoms with Crippen LogP contribution >= 0.6 is 11.6 Å². The van der Waals surface area contributed by atoms with Crippen LogP contribution < -0.4 is 15.4 Å². The third-order valence-electron chi connectivity index (χ3n) is 5.46. The van der Waals surface area contributed by atoms with E-state index in [4.69, 9.17) is 16.3 Å². The number of amides is 2. The van der Waals surface area contributed by atoms with Gasteiger partial charge in [-0.1, -0.05) is 17.7 Å². The Balaban J connectivity index is 1.33. The lowest BCUT2D eigenvalue weighted by molar-refractivity contribution is -0.126. The highest BCUT2D eigenvalue weighted by Crippen LogP contribution is 2.47. The molecule has 1 unspecified atom stereocenters. The third-order valence-corrected chi connectivity index (χ3v) is 5.77. The molecule has 9 heteroatoms. The molecule has 3 aliphatic carbocycles. The number of aryl methyl sites for hydroxylation is 1. The number of aromatic nitrogens is 1. The van der Waals surface area contributed by atoms with Gasteiger partial charge in [-0.25, -0.2) is 4.39 Å². The van der Waals surface area contributed by atoms with Crippen LogP contribution in [0, 0.1) is 12.7 Å². The Labute approximate surface area is 183 Å². The molecule has 31 heavy (non-hydrogen) atoms. The van der Waals surface area contributed by atoms with Gasteiger partial charge in [0, 0.05) is 24.4 Å². The Morgan fingerprint density at radius 1 is 1.32 bits per heavy atom. The highest BCUT2D eigenvalue weighted by molar-refractivity contribution is 6.30.